The number of nitrogens with one attached hydrogen (secondary N) is 1. The van der Waals surface area contributed by atoms with Crippen LogP contribution in [0, 0.1) is 12.7 Å². The largest absolute Gasteiger partial charge is 0.489 e. The minimum Gasteiger partial charge on any atom is -0.489 e. The summed E-state index contributed by atoms with van der Waals surface area (Å²) in [5, 5.41) is 7.79. The van der Waals surface area contributed by atoms with Crippen molar-refractivity contribution in [1.29, 1.82) is 0 Å². The molecule has 0 saturated carbocycles. The van der Waals surface area contributed by atoms with Crippen LogP contribution in [0.15, 0.2) is 162 Å². The van der Waals surface area contributed by atoms with Crippen molar-refractivity contribution in [2.75, 3.05) is 24.2 Å². The van der Waals surface area contributed by atoms with E-state index >= 15 is 4.79 Å². The molecule has 1 aliphatic carbocycles. The van der Waals surface area contributed by atoms with Crippen LogP contribution in [0.4, 0.5) is 15.9 Å². The van der Waals surface area contributed by atoms with E-state index in [1.807, 2.05) is 87.5 Å². The van der Waals surface area contributed by atoms with E-state index in [9.17, 15) is 12.8 Å². The molecule has 9 rings (SSSR count). The summed E-state index contributed by atoms with van der Waals surface area (Å²) in [6.07, 6.45) is 4.28. The molecule has 1 N–H and O–H groups in total. The molecule has 0 spiro atoms. The van der Waals surface area contributed by atoms with Crippen LogP contribution in [0.25, 0.3) is 11.8 Å². The summed E-state index contributed by atoms with van der Waals surface area (Å²) in [4.78, 5) is 15.2. The first-order chi connectivity index (χ1) is 31.3. The topological polar surface area (TPSA) is 130 Å². The molecule has 1 saturated heterocycles. The Labute approximate surface area is 377 Å². The van der Waals surface area contributed by atoms with Crippen LogP contribution in [0.2, 0.25) is 0 Å². The molecule has 0 bridgehead atoms. The van der Waals surface area contributed by atoms with Crippen molar-refractivity contribution in [3.8, 4) is 22.9 Å². The lowest BCUT2D eigenvalue weighted by Crippen LogP contribution is -2.25. The predicted octanol–water partition coefficient (Wildman–Crippen LogP) is 9.65. The SMILES string of the molecule is Cc1cc(-n2ncc(C(=O)C3=Cc4cc(OC[C@H]5COC(C)(C)O5)c(NS(C)(=O)=O)cc4C3)c2N=P(c2ccccc2)(c2ccccc2)c2ccccc2)ccc1Oc1ccccc1F. The summed E-state index contributed by atoms with van der Waals surface area (Å²) in [6.45, 7) is 5.94. The van der Waals surface area contributed by atoms with E-state index in [4.69, 9.17) is 28.8 Å². The number of halogens is 1. The van der Waals surface area contributed by atoms with E-state index in [1.54, 1.807) is 53.4 Å². The van der Waals surface area contributed by atoms with Crippen LogP contribution < -0.4 is 30.1 Å². The second-order valence-corrected chi connectivity index (χ2v) is 21.1. The standard InChI is InChI=1S/C51H46FN4O7PS/c1-34-26-38(24-25-46(34)62-47-23-15-14-22-44(47)52)56-50(54-64(40-16-8-5-9-17-40,41-18-10-6-11-19-41)42-20-12-7-13-21-42)43(31-53-56)49(57)37-27-35-29-45(55-65(4,58)59)48(30-36(35)28-37)60-32-39-33-61-51(2,3)63-39/h5-26,28-31,39,55H,27,32-33H2,1-4H3/t39-/m0/s1. The third kappa shape index (κ3) is 9.19. The van der Waals surface area contributed by atoms with Crippen molar-refractivity contribution >= 4 is 56.4 Å². The number of allylic oxidation sites excluding steroid dienone is 1. The van der Waals surface area contributed by atoms with Crippen LogP contribution in [0.1, 0.15) is 40.9 Å². The number of Topliss-reactive ketones (excluding diaryl/α,β-unsaturated/α-hetero) is 1. The Hall–Kier alpha value is -6.63. The molecule has 7 aromatic rings. The zero-order valence-electron chi connectivity index (χ0n) is 36.1. The van der Waals surface area contributed by atoms with Crippen molar-refractivity contribution in [1.82, 2.24) is 9.78 Å². The number of aryl methyl sites for hydroxylation is 1. The van der Waals surface area contributed by atoms with Gasteiger partial charge in [-0.05, 0) is 86.0 Å². The molecule has 14 heteroatoms. The van der Waals surface area contributed by atoms with Crippen molar-refractivity contribution in [2.45, 2.75) is 39.1 Å². The van der Waals surface area contributed by atoms with Gasteiger partial charge in [-0.3, -0.25) is 9.52 Å². The lowest BCUT2D eigenvalue weighted by Gasteiger charge is -2.27. The van der Waals surface area contributed by atoms with Gasteiger partial charge in [0.15, 0.2) is 29.0 Å². The van der Waals surface area contributed by atoms with E-state index in [1.165, 1.54) is 6.07 Å². The van der Waals surface area contributed by atoms with Gasteiger partial charge in [-0.1, -0.05) is 103 Å². The van der Waals surface area contributed by atoms with Crippen LogP contribution in [-0.4, -0.2) is 55.3 Å². The maximum atomic E-state index is 15.2. The molecule has 0 radical (unpaired) electrons. The Balaban J connectivity index is 1.19. The van der Waals surface area contributed by atoms with Gasteiger partial charge in [-0.25, -0.2) is 22.2 Å². The van der Waals surface area contributed by atoms with E-state index in [0.717, 1.165) is 27.7 Å². The van der Waals surface area contributed by atoms with Gasteiger partial charge < -0.3 is 18.9 Å². The molecule has 1 aliphatic heterocycles. The molecule has 0 amide bonds. The number of nitrogens with zero attached hydrogens (tertiary/aromatic N) is 3. The molecule has 2 heterocycles. The summed E-state index contributed by atoms with van der Waals surface area (Å²) < 4.78 is 73.7. The van der Waals surface area contributed by atoms with E-state index in [0.29, 0.717) is 40.6 Å². The normalized spacial score (nSPS) is 15.5. The minimum atomic E-state index is -3.70. The molecule has 11 nitrogen and oxygen atoms in total. The van der Waals surface area contributed by atoms with Gasteiger partial charge in [0, 0.05) is 27.9 Å². The van der Waals surface area contributed by atoms with E-state index < -0.39 is 28.7 Å². The molecule has 6 aromatic carbocycles. The maximum absolute atomic E-state index is 15.2. The molecular weight excluding hydrogens is 863 g/mol. The first-order valence-corrected chi connectivity index (χ1v) is 24.6. The summed E-state index contributed by atoms with van der Waals surface area (Å²) >= 11 is 0. The summed E-state index contributed by atoms with van der Waals surface area (Å²) in [5.41, 5.74) is 3.73. The molecule has 65 heavy (non-hydrogen) atoms. The lowest BCUT2D eigenvalue weighted by atomic mass is 10.0. The molecular formula is C51H46FN4O7PS. The molecule has 330 valence electrons. The predicted molar refractivity (Wildman–Crippen MR) is 253 cm³/mol. The first-order valence-electron chi connectivity index (χ1n) is 21.0. The Kier molecular flexibility index (Phi) is 11.9. The van der Waals surface area contributed by atoms with Crippen molar-refractivity contribution in [3.05, 3.63) is 185 Å². The quantitative estimate of drug-likeness (QED) is 0.0844. The number of benzene rings is 6. The summed E-state index contributed by atoms with van der Waals surface area (Å²) in [5.74, 6) is -0.367. The van der Waals surface area contributed by atoms with Crippen molar-refractivity contribution in [2.24, 2.45) is 4.74 Å². The fraction of sp³-hybridized carbons (Fsp3) is 0.176. The van der Waals surface area contributed by atoms with Crippen LogP contribution in [0.3, 0.4) is 0 Å². The van der Waals surface area contributed by atoms with Gasteiger partial charge in [-0.2, -0.15) is 5.10 Å². The number of hydrogen-bond donors (Lipinski definition) is 1. The first kappa shape index (κ1) is 43.6. The zero-order chi connectivity index (χ0) is 45.3. The minimum absolute atomic E-state index is 0.0967. The third-order valence-electron chi connectivity index (χ3n) is 11.1. The monoisotopic (exact) mass is 908 g/mol. The van der Waals surface area contributed by atoms with Gasteiger partial charge >= 0.3 is 0 Å². The van der Waals surface area contributed by atoms with Crippen LogP contribution in [-0.2, 0) is 25.9 Å². The van der Waals surface area contributed by atoms with Gasteiger partial charge in [0.2, 0.25) is 10.0 Å². The number of carbonyl (C=O) groups is 1. The highest BCUT2D eigenvalue weighted by Gasteiger charge is 2.35. The highest BCUT2D eigenvalue weighted by molar-refractivity contribution is 7.92. The molecule has 1 aromatic heterocycles. The zero-order valence-corrected chi connectivity index (χ0v) is 37.9. The fourth-order valence-corrected chi connectivity index (χ4v) is 12.2. The number of fused-ring (bicyclic) bond motifs is 1. The highest BCUT2D eigenvalue weighted by atomic mass is 32.2. The van der Waals surface area contributed by atoms with Gasteiger partial charge in [0.25, 0.3) is 0 Å². The van der Waals surface area contributed by atoms with Crippen LogP contribution >= 0.6 is 7.05 Å². The third-order valence-corrected chi connectivity index (χ3v) is 15.3. The number of ketones is 1. The Morgan fingerprint density at radius 1 is 0.862 bits per heavy atom. The van der Waals surface area contributed by atoms with E-state index in [-0.39, 0.29) is 47.7 Å². The molecule has 1 fully saturated rings. The highest BCUT2D eigenvalue weighted by Crippen LogP contribution is 2.51. The summed E-state index contributed by atoms with van der Waals surface area (Å²) in [6, 6.07) is 45.4. The number of para-hydroxylation sites is 1. The maximum Gasteiger partial charge on any atom is 0.229 e. The Morgan fingerprint density at radius 2 is 1.49 bits per heavy atom. The number of hydrogen-bond acceptors (Lipinski definition) is 9. The smallest absolute Gasteiger partial charge is 0.229 e. The number of aromatic nitrogens is 2. The van der Waals surface area contributed by atoms with Gasteiger partial charge in [-0.15, -0.1) is 0 Å². The summed E-state index contributed by atoms with van der Waals surface area (Å²) in [7, 11) is -6.65. The van der Waals surface area contributed by atoms with Gasteiger partial charge in [0.05, 0.1) is 43.1 Å². The average molecular weight is 909 g/mol. The number of carbonyl (C=O) groups excluding carboxylic acids is 1. The number of anilines is 1. The number of ether oxygens (including phenoxy) is 4. The van der Waals surface area contributed by atoms with Gasteiger partial charge in [0.1, 0.15) is 24.2 Å². The Bertz CT molecular complexity index is 3020. The van der Waals surface area contributed by atoms with Crippen molar-refractivity contribution in [3.63, 3.8) is 0 Å². The molecule has 2 aliphatic rings. The second-order valence-electron chi connectivity index (χ2n) is 16.4. The number of rotatable bonds is 14. The molecule has 0 unspecified atom stereocenters. The fourth-order valence-electron chi connectivity index (χ4n) is 8.12. The van der Waals surface area contributed by atoms with Crippen LogP contribution in [0.5, 0.6) is 17.2 Å². The second kappa shape index (κ2) is 17.7. The number of sulfonamides is 1. The lowest BCUT2D eigenvalue weighted by molar-refractivity contribution is -0.141. The van der Waals surface area contributed by atoms with E-state index in [2.05, 4.69) is 41.1 Å². The van der Waals surface area contributed by atoms with Crippen molar-refractivity contribution < 1.29 is 36.6 Å². The molecule has 1 atom stereocenters. The Morgan fingerprint density at radius 3 is 2.08 bits per heavy atom. The average Bonchev–Trinajstić information content (AvgIpc) is 4.02.